The number of rotatable bonds is 12. The standard InChI is InChI=1S/C30H37F6N9/c1-6-25-24-12-21(26(37-27(24)45(7-2)39-25)43(14-18(3)4)15-19-8-9-19)17-44(28-38-41-42(5)40-28)16-20-10-22(29(31,32)33)13-23(11-20)30(34,35)36/h10-13,18-19H,6-9,14-17H2,1-5H3. The first-order chi connectivity index (χ1) is 21.2. The third-order valence-electron chi connectivity index (χ3n) is 7.71. The number of anilines is 2. The van der Waals surface area contributed by atoms with Crippen LogP contribution < -0.4 is 9.80 Å². The molecule has 0 aliphatic heterocycles. The molecule has 1 fully saturated rings. The second-order valence-corrected chi connectivity index (χ2v) is 12.0. The van der Waals surface area contributed by atoms with Crippen molar-refractivity contribution >= 4 is 22.8 Å². The summed E-state index contributed by atoms with van der Waals surface area (Å²) in [4.78, 5) is 10.1. The maximum atomic E-state index is 13.7. The van der Waals surface area contributed by atoms with E-state index in [-0.39, 0.29) is 30.7 Å². The van der Waals surface area contributed by atoms with Gasteiger partial charge in [-0.3, -0.25) is 0 Å². The van der Waals surface area contributed by atoms with E-state index in [2.05, 4.69) is 34.2 Å². The van der Waals surface area contributed by atoms with Crippen LogP contribution in [0, 0.1) is 11.8 Å². The molecule has 3 heterocycles. The van der Waals surface area contributed by atoms with Crippen molar-refractivity contribution in [1.82, 2.24) is 35.0 Å². The summed E-state index contributed by atoms with van der Waals surface area (Å²) < 4.78 is 84.1. The fourth-order valence-electron chi connectivity index (χ4n) is 5.50. The molecule has 0 N–H and O–H groups in total. The predicted octanol–water partition coefficient (Wildman–Crippen LogP) is 6.65. The van der Waals surface area contributed by atoms with Gasteiger partial charge in [-0.05, 0) is 73.1 Å². The molecule has 244 valence electrons. The van der Waals surface area contributed by atoms with Crippen molar-refractivity contribution in [2.45, 2.75) is 78.9 Å². The van der Waals surface area contributed by atoms with Gasteiger partial charge in [-0.15, -0.1) is 5.10 Å². The maximum absolute atomic E-state index is 13.7. The van der Waals surface area contributed by atoms with Crippen LogP contribution in [0.25, 0.3) is 11.0 Å². The summed E-state index contributed by atoms with van der Waals surface area (Å²) in [5.74, 6) is 1.60. The molecule has 45 heavy (non-hydrogen) atoms. The molecule has 0 saturated heterocycles. The van der Waals surface area contributed by atoms with Crippen molar-refractivity contribution < 1.29 is 26.3 Å². The van der Waals surface area contributed by atoms with Crippen LogP contribution in [-0.4, -0.2) is 48.1 Å². The van der Waals surface area contributed by atoms with Gasteiger partial charge in [0, 0.05) is 43.7 Å². The lowest BCUT2D eigenvalue weighted by atomic mass is 10.0. The van der Waals surface area contributed by atoms with Crippen LogP contribution in [0.3, 0.4) is 0 Å². The van der Waals surface area contributed by atoms with Gasteiger partial charge in [-0.25, -0.2) is 9.67 Å². The zero-order valence-corrected chi connectivity index (χ0v) is 25.9. The number of nitrogens with zero attached hydrogens (tertiary/aromatic N) is 9. The molecule has 0 radical (unpaired) electrons. The Hall–Kier alpha value is -3.91. The largest absolute Gasteiger partial charge is 0.416 e. The molecular weight excluding hydrogens is 600 g/mol. The quantitative estimate of drug-likeness (QED) is 0.161. The zero-order valence-electron chi connectivity index (χ0n) is 25.9. The summed E-state index contributed by atoms with van der Waals surface area (Å²) >= 11 is 0. The topological polar surface area (TPSA) is 80.8 Å². The highest BCUT2D eigenvalue weighted by atomic mass is 19.4. The molecular formula is C30H37F6N9. The fourth-order valence-corrected chi connectivity index (χ4v) is 5.50. The number of pyridine rings is 1. The third kappa shape index (κ3) is 7.50. The number of benzene rings is 1. The van der Waals surface area contributed by atoms with Gasteiger partial charge in [-0.1, -0.05) is 25.9 Å². The first kappa shape index (κ1) is 32.5. The van der Waals surface area contributed by atoms with Gasteiger partial charge in [0.15, 0.2) is 5.65 Å². The lowest BCUT2D eigenvalue weighted by molar-refractivity contribution is -0.143. The van der Waals surface area contributed by atoms with Gasteiger partial charge in [0.05, 0.1) is 23.9 Å². The highest BCUT2D eigenvalue weighted by Gasteiger charge is 2.37. The zero-order chi connectivity index (χ0) is 32.7. The minimum Gasteiger partial charge on any atom is -0.356 e. The van der Waals surface area contributed by atoms with Gasteiger partial charge in [0.2, 0.25) is 0 Å². The van der Waals surface area contributed by atoms with Crippen molar-refractivity contribution in [2.24, 2.45) is 18.9 Å². The molecule has 0 bridgehead atoms. The molecule has 1 aromatic carbocycles. The number of fused-ring (bicyclic) bond motifs is 1. The molecule has 9 nitrogen and oxygen atoms in total. The summed E-state index contributed by atoms with van der Waals surface area (Å²) in [6, 6.07) is 3.59. The third-order valence-corrected chi connectivity index (χ3v) is 7.71. The average Bonchev–Trinajstić information content (AvgIpc) is 3.55. The van der Waals surface area contributed by atoms with Crippen LogP contribution in [0.1, 0.15) is 68.5 Å². The number of aromatic nitrogens is 7. The molecule has 0 atom stereocenters. The summed E-state index contributed by atoms with van der Waals surface area (Å²) in [6.07, 6.45) is -7.05. The van der Waals surface area contributed by atoms with Gasteiger partial charge in [0.25, 0.3) is 5.95 Å². The number of alkyl halides is 6. The molecule has 1 saturated carbocycles. The van der Waals surface area contributed by atoms with Crippen LogP contribution >= 0.6 is 0 Å². The van der Waals surface area contributed by atoms with E-state index < -0.39 is 23.5 Å². The van der Waals surface area contributed by atoms with Gasteiger partial charge < -0.3 is 9.80 Å². The van der Waals surface area contributed by atoms with E-state index in [9.17, 15) is 26.3 Å². The Morgan fingerprint density at radius 1 is 0.911 bits per heavy atom. The Morgan fingerprint density at radius 3 is 2.09 bits per heavy atom. The highest BCUT2D eigenvalue weighted by Crippen LogP contribution is 2.38. The van der Waals surface area contributed by atoms with E-state index >= 15 is 0 Å². The molecule has 1 aliphatic rings. The molecule has 0 amide bonds. The predicted molar refractivity (Wildman–Crippen MR) is 157 cm³/mol. The minimum absolute atomic E-state index is 0.0568. The SMILES string of the molecule is CCc1nn(CC)c2nc(N(CC(C)C)CC3CC3)c(CN(Cc3cc(C(F)(F)F)cc(C(F)(F)F)c3)c3nnn(C)n3)cc12. The monoisotopic (exact) mass is 637 g/mol. The van der Waals surface area contributed by atoms with Crippen molar-refractivity contribution in [3.05, 3.63) is 52.2 Å². The lowest BCUT2D eigenvalue weighted by Gasteiger charge is -2.30. The van der Waals surface area contributed by atoms with Crippen LogP contribution in [0.15, 0.2) is 24.3 Å². The van der Waals surface area contributed by atoms with Gasteiger partial charge >= 0.3 is 12.4 Å². The number of aryl methyl sites for hydroxylation is 3. The van der Waals surface area contributed by atoms with Crippen LogP contribution in [0.5, 0.6) is 0 Å². The summed E-state index contributed by atoms with van der Waals surface area (Å²) in [5.41, 5.74) is -0.628. The molecule has 4 aromatic rings. The number of hydrogen-bond acceptors (Lipinski definition) is 7. The van der Waals surface area contributed by atoms with Crippen molar-refractivity contribution in [3.8, 4) is 0 Å². The minimum atomic E-state index is -4.97. The lowest BCUT2D eigenvalue weighted by Crippen LogP contribution is -2.33. The number of halogens is 6. The van der Waals surface area contributed by atoms with E-state index in [4.69, 9.17) is 10.1 Å². The number of tetrazole rings is 1. The Kier molecular flexibility index (Phi) is 9.00. The van der Waals surface area contributed by atoms with Crippen molar-refractivity contribution in [1.29, 1.82) is 0 Å². The summed E-state index contributed by atoms with van der Waals surface area (Å²) in [5, 5.41) is 17.8. The van der Waals surface area contributed by atoms with E-state index in [1.54, 1.807) is 0 Å². The summed E-state index contributed by atoms with van der Waals surface area (Å²) in [6.45, 7) is 10.1. The van der Waals surface area contributed by atoms with Crippen LogP contribution in [0.2, 0.25) is 0 Å². The maximum Gasteiger partial charge on any atom is 0.416 e. The van der Waals surface area contributed by atoms with Crippen LogP contribution in [-0.2, 0) is 45.5 Å². The Balaban J connectivity index is 1.65. The normalized spacial score (nSPS) is 14.1. The van der Waals surface area contributed by atoms with Gasteiger partial charge in [-0.2, -0.15) is 36.2 Å². The molecule has 0 unspecified atom stereocenters. The van der Waals surface area contributed by atoms with E-state index in [0.717, 1.165) is 60.4 Å². The fraction of sp³-hybridized carbons (Fsp3) is 0.567. The second-order valence-electron chi connectivity index (χ2n) is 12.0. The molecule has 15 heteroatoms. The smallest absolute Gasteiger partial charge is 0.356 e. The highest BCUT2D eigenvalue weighted by molar-refractivity contribution is 5.82. The molecule has 0 spiro atoms. The summed E-state index contributed by atoms with van der Waals surface area (Å²) in [7, 11) is 1.53. The van der Waals surface area contributed by atoms with E-state index in [1.165, 1.54) is 16.7 Å². The molecule has 1 aliphatic carbocycles. The number of hydrogen-bond donors (Lipinski definition) is 0. The van der Waals surface area contributed by atoms with Crippen LogP contribution in [0.4, 0.5) is 38.1 Å². The van der Waals surface area contributed by atoms with E-state index in [0.29, 0.717) is 30.6 Å². The van der Waals surface area contributed by atoms with Crippen molar-refractivity contribution in [2.75, 3.05) is 22.9 Å². The molecule has 3 aromatic heterocycles. The van der Waals surface area contributed by atoms with Gasteiger partial charge in [0.1, 0.15) is 5.82 Å². The first-order valence-electron chi connectivity index (χ1n) is 15.1. The Labute approximate surface area is 257 Å². The Bertz CT molecular complexity index is 1600. The van der Waals surface area contributed by atoms with E-state index in [1.807, 2.05) is 24.6 Å². The first-order valence-corrected chi connectivity index (χ1v) is 15.1. The van der Waals surface area contributed by atoms with Crippen molar-refractivity contribution in [3.63, 3.8) is 0 Å². The molecule has 5 rings (SSSR count). The average molecular weight is 638 g/mol. The second kappa shape index (κ2) is 12.5. The Morgan fingerprint density at radius 2 is 1.58 bits per heavy atom.